The third-order valence-electron chi connectivity index (χ3n) is 6.42. The normalized spacial score (nSPS) is 15.2. The number of aromatic nitrogens is 3. The number of aryl methyl sites for hydroxylation is 2. The number of hydrogen-bond acceptors (Lipinski definition) is 6. The third-order valence-corrected chi connectivity index (χ3v) is 6.42. The van der Waals surface area contributed by atoms with Crippen LogP contribution in [0.5, 0.6) is 0 Å². The van der Waals surface area contributed by atoms with E-state index in [1.54, 1.807) is 12.4 Å². The van der Waals surface area contributed by atoms with E-state index < -0.39 is 17.7 Å². The minimum Gasteiger partial charge on any atom is -0.481 e. The molecule has 0 spiro atoms. The number of anilines is 2. The van der Waals surface area contributed by atoms with Crippen LogP contribution in [-0.2, 0) is 4.79 Å². The van der Waals surface area contributed by atoms with E-state index in [4.69, 9.17) is 0 Å². The summed E-state index contributed by atoms with van der Waals surface area (Å²) in [6.45, 7) is 6.41. The van der Waals surface area contributed by atoms with Gasteiger partial charge in [-0.3, -0.25) is 9.36 Å². The Kier molecular flexibility index (Phi) is 7.25. The summed E-state index contributed by atoms with van der Waals surface area (Å²) in [5.74, 6) is 1.15. The highest BCUT2D eigenvalue weighted by molar-refractivity contribution is 5.68. The number of carbonyl (C=O) groups is 1. The zero-order valence-electron chi connectivity index (χ0n) is 19.6. The summed E-state index contributed by atoms with van der Waals surface area (Å²) < 4.78 is 1.46. The lowest BCUT2D eigenvalue weighted by Crippen LogP contribution is -2.39. The molecule has 1 saturated heterocycles. The quantitative estimate of drug-likeness (QED) is 0.528. The summed E-state index contributed by atoms with van der Waals surface area (Å²) in [4.78, 5) is 35.5. The maximum absolute atomic E-state index is 13.0. The molecule has 0 bridgehead atoms. The number of hydrogen-bond donors (Lipinski definition) is 2. The number of benzene rings is 1. The molecule has 0 radical (unpaired) electrons. The first-order valence-corrected chi connectivity index (χ1v) is 11.7. The van der Waals surface area contributed by atoms with Gasteiger partial charge < -0.3 is 15.3 Å². The smallest absolute Gasteiger partial charge is 0.350 e. The van der Waals surface area contributed by atoms with Gasteiger partial charge in [-0.2, -0.15) is 4.98 Å². The minimum absolute atomic E-state index is 0.182. The molecule has 2 aromatic heterocycles. The largest absolute Gasteiger partial charge is 0.481 e. The molecular formula is C26H31N5O3. The number of nitrogens with one attached hydrogen (secondary N) is 1. The van der Waals surface area contributed by atoms with Crippen molar-refractivity contribution in [2.75, 3.05) is 29.9 Å². The molecule has 0 saturated carbocycles. The highest BCUT2D eigenvalue weighted by Crippen LogP contribution is 2.26. The summed E-state index contributed by atoms with van der Waals surface area (Å²) in [5.41, 5.74) is 2.30. The molecule has 0 amide bonds. The molecule has 34 heavy (non-hydrogen) atoms. The molecule has 8 nitrogen and oxygen atoms in total. The Morgan fingerprint density at radius 3 is 2.53 bits per heavy atom. The zero-order chi connectivity index (χ0) is 24.1. The molecule has 1 aliphatic heterocycles. The summed E-state index contributed by atoms with van der Waals surface area (Å²) in [6, 6.07) is 12.8. The van der Waals surface area contributed by atoms with Gasteiger partial charge in [-0.15, -0.1) is 0 Å². The van der Waals surface area contributed by atoms with Gasteiger partial charge in [0.2, 0.25) is 0 Å². The molecule has 1 aliphatic rings. The number of aliphatic carboxylic acids is 1. The molecule has 178 valence electrons. The summed E-state index contributed by atoms with van der Waals surface area (Å²) in [5, 5.41) is 12.9. The fourth-order valence-electron chi connectivity index (χ4n) is 4.50. The molecule has 3 heterocycles. The predicted octanol–water partition coefficient (Wildman–Crippen LogP) is 3.65. The molecule has 1 unspecified atom stereocenters. The number of carboxylic acid groups (broad SMARTS) is 1. The lowest BCUT2D eigenvalue weighted by atomic mass is 9.96. The Hall–Kier alpha value is -3.68. The summed E-state index contributed by atoms with van der Waals surface area (Å²) in [7, 11) is 0. The van der Waals surface area contributed by atoms with E-state index in [9.17, 15) is 14.7 Å². The maximum Gasteiger partial charge on any atom is 0.350 e. The van der Waals surface area contributed by atoms with Gasteiger partial charge in [-0.25, -0.2) is 9.78 Å². The Bertz CT molecular complexity index is 1170. The highest BCUT2D eigenvalue weighted by Gasteiger charge is 2.24. The number of carboxylic acids is 1. The van der Waals surface area contributed by atoms with Gasteiger partial charge in [0.15, 0.2) is 0 Å². The van der Waals surface area contributed by atoms with Crippen LogP contribution in [0.4, 0.5) is 11.6 Å². The number of rotatable bonds is 8. The average molecular weight is 462 g/mol. The number of pyridine rings is 1. The second-order valence-corrected chi connectivity index (χ2v) is 8.99. The van der Waals surface area contributed by atoms with Crippen molar-refractivity contribution in [3.63, 3.8) is 0 Å². The van der Waals surface area contributed by atoms with E-state index in [0.29, 0.717) is 11.7 Å². The van der Waals surface area contributed by atoms with Crippen LogP contribution in [-0.4, -0.2) is 45.2 Å². The SMILES string of the molecule is Cc1ccc(C(CC(=O)O)n2cc(C)c(N3CCC(CNc4ccccn4)CC3)nc2=O)cc1. The fraction of sp³-hybridized carbons (Fsp3) is 0.385. The molecule has 8 heteroatoms. The molecule has 1 atom stereocenters. The van der Waals surface area contributed by atoms with Crippen LogP contribution in [0.15, 0.2) is 59.7 Å². The predicted molar refractivity (Wildman–Crippen MR) is 132 cm³/mol. The molecule has 0 aliphatic carbocycles. The van der Waals surface area contributed by atoms with E-state index in [2.05, 4.69) is 20.2 Å². The maximum atomic E-state index is 13.0. The van der Waals surface area contributed by atoms with Crippen molar-refractivity contribution in [1.82, 2.24) is 14.5 Å². The van der Waals surface area contributed by atoms with Crippen molar-refractivity contribution < 1.29 is 9.90 Å². The first kappa shape index (κ1) is 23.5. The van der Waals surface area contributed by atoms with Crippen LogP contribution in [0.25, 0.3) is 0 Å². The van der Waals surface area contributed by atoms with Crippen molar-refractivity contribution in [3.8, 4) is 0 Å². The first-order valence-electron chi connectivity index (χ1n) is 11.7. The van der Waals surface area contributed by atoms with Crippen molar-refractivity contribution in [3.05, 3.63) is 82.0 Å². The number of piperidine rings is 1. The van der Waals surface area contributed by atoms with Gasteiger partial charge in [-0.1, -0.05) is 35.9 Å². The van der Waals surface area contributed by atoms with Crippen molar-refractivity contribution >= 4 is 17.6 Å². The van der Waals surface area contributed by atoms with Crippen LogP contribution in [0.2, 0.25) is 0 Å². The van der Waals surface area contributed by atoms with E-state index in [0.717, 1.165) is 55.0 Å². The van der Waals surface area contributed by atoms with Crippen molar-refractivity contribution in [2.24, 2.45) is 5.92 Å². The summed E-state index contributed by atoms with van der Waals surface area (Å²) in [6.07, 6.45) is 5.34. The Morgan fingerprint density at radius 1 is 1.15 bits per heavy atom. The molecule has 1 aromatic carbocycles. The third kappa shape index (κ3) is 5.62. The van der Waals surface area contributed by atoms with Crippen LogP contribution >= 0.6 is 0 Å². The molecule has 4 rings (SSSR count). The lowest BCUT2D eigenvalue weighted by molar-refractivity contribution is -0.137. The first-order chi connectivity index (χ1) is 16.4. The Balaban J connectivity index is 1.47. The van der Waals surface area contributed by atoms with Gasteiger partial charge in [0, 0.05) is 37.6 Å². The second-order valence-electron chi connectivity index (χ2n) is 8.99. The van der Waals surface area contributed by atoms with Crippen molar-refractivity contribution in [1.29, 1.82) is 0 Å². The van der Waals surface area contributed by atoms with E-state index in [1.165, 1.54) is 4.57 Å². The van der Waals surface area contributed by atoms with E-state index >= 15 is 0 Å². The molecular weight excluding hydrogens is 430 g/mol. The van der Waals surface area contributed by atoms with Gasteiger partial charge >= 0.3 is 11.7 Å². The topological polar surface area (TPSA) is 100 Å². The molecule has 3 aromatic rings. The van der Waals surface area contributed by atoms with Crippen LogP contribution < -0.4 is 15.9 Å². The zero-order valence-corrected chi connectivity index (χ0v) is 19.6. The average Bonchev–Trinajstić information content (AvgIpc) is 2.84. The van der Waals surface area contributed by atoms with Crippen LogP contribution in [0.1, 0.15) is 42.0 Å². The van der Waals surface area contributed by atoms with Gasteiger partial charge in [-0.05, 0) is 50.3 Å². The lowest BCUT2D eigenvalue weighted by Gasteiger charge is -2.34. The van der Waals surface area contributed by atoms with Gasteiger partial charge in [0.25, 0.3) is 0 Å². The molecule has 1 fully saturated rings. The van der Waals surface area contributed by atoms with E-state index in [1.807, 2.05) is 56.3 Å². The fourth-order valence-corrected chi connectivity index (χ4v) is 4.50. The Labute approximate surface area is 199 Å². The van der Waals surface area contributed by atoms with Gasteiger partial charge in [0.05, 0.1) is 12.5 Å². The van der Waals surface area contributed by atoms with Crippen molar-refractivity contribution in [2.45, 2.75) is 39.2 Å². The number of nitrogens with zero attached hydrogens (tertiary/aromatic N) is 4. The standard InChI is InChI=1S/C26H31N5O3/c1-18-6-8-21(9-7-18)22(15-24(32)33)31-17-19(2)25(29-26(31)34)30-13-10-20(11-14-30)16-28-23-5-3-4-12-27-23/h3-9,12,17,20,22H,10-11,13-16H2,1-2H3,(H,27,28)(H,32,33). The van der Waals surface area contributed by atoms with Gasteiger partial charge in [0.1, 0.15) is 11.6 Å². The van der Waals surface area contributed by atoms with E-state index in [-0.39, 0.29) is 6.42 Å². The monoisotopic (exact) mass is 461 g/mol. The van der Waals surface area contributed by atoms with Crippen LogP contribution in [0, 0.1) is 19.8 Å². The highest BCUT2D eigenvalue weighted by atomic mass is 16.4. The summed E-state index contributed by atoms with van der Waals surface area (Å²) >= 11 is 0. The Morgan fingerprint density at radius 2 is 1.88 bits per heavy atom. The second kappa shape index (κ2) is 10.5. The molecule has 2 N–H and O–H groups in total. The van der Waals surface area contributed by atoms with Crippen LogP contribution in [0.3, 0.4) is 0 Å². The minimum atomic E-state index is -0.958.